The number of aliphatic hydroxyl groups is 1. The van der Waals surface area contributed by atoms with Gasteiger partial charge in [0.1, 0.15) is 18.1 Å². The van der Waals surface area contributed by atoms with E-state index in [2.05, 4.69) is 14.1 Å². The Kier molecular flexibility index (Phi) is 5.53. The van der Waals surface area contributed by atoms with Gasteiger partial charge >= 0.3 is 11.2 Å². The Morgan fingerprint density at radius 1 is 1.41 bits per heavy atom. The smallest absolute Gasteiger partial charge is 0.415 e. The van der Waals surface area contributed by atoms with Crippen LogP contribution in [-0.4, -0.2) is 33.8 Å². The molecule has 0 radical (unpaired) electrons. The lowest BCUT2D eigenvalue weighted by atomic mass is 9.95. The number of rotatable bonds is 5. The number of esters is 1. The van der Waals surface area contributed by atoms with Crippen LogP contribution in [0.15, 0.2) is 0 Å². The Balaban J connectivity index is 2.41. The Hall–Kier alpha value is -0.480. The van der Waals surface area contributed by atoms with Gasteiger partial charge in [-0.2, -0.15) is 8.78 Å². The van der Waals surface area contributed by atoms with Gasteiger partial charge in [0.25, 0.3) is 0 Å². The maximum absolute atomic E-state index is 13.0. The highest BCUT2D eigenvalue weighted by molar-refractivity contribution is 7.96. The summed E-state index contributed by atoms with van der Waals surface area (Å²) in [7, 11) is 0. The van der Waals surface area contributed by atoms with E-state index in [1.54, 1.807) is 0 Å². The van der Waals surface area contributed by atoms with Gasteiger partial charge in [-0.1, -0.05) is 5.04 Å². The zero-order valence-corrected chi connectivity index (χ0v) is 9.49. The van der Waals surface area contributed by atoms with Crippen LogP contribution in [0.3, 0.4) is 0 Å². The molecule has 2 unspecified atom stereocenters. The van der Waals surface area contributed by atoms with Gasteiger partial charge in [0.05, 0.1) is 6.10 Å². The van der Waals surface area contributed by atoms with Gasteiger partial charge < -0.3 is 9.84 Å². The summed E-state index contributed by atoms with van der Waals surface area (Å²) in [5, 5.41) is 16.0. The van der Waals surface area contributed by atoms with Crippen molar-refractivity contribution in [1.29, 1.82) is 0 Å². The summed E-state index contributed by atoms with van der Waals surface area (Å²) in [5.41, 5.74) is 0. The Bertz CT molecular complexity index is 264. The van der Waals surface area contributed by atoms with Gasteiger partial charge in [-0.25, -0.2) is 10.1 Å². The minimum atomic E-state index is -3.98. The van der Waals surface area contributed by atoms with Crippen molar-refractivity contribution in [1.82, 2.24) is 0 Å². The molecule has 6 nitrogen and oxygen atoms in total. The maximum atomic E-state index is 13.0. The Labute approximate surface area is 99.9 Å². The first-order valence-corrected chi connectivity index (χ1v) is 5.62. The topological polar surface area (TPSA) is 85.2 Å². The summed E-state index contributed by atoms with van der Waals surface area (Å²) >= 11 is -0.666. The summed E-state index contributed by atoms with van der Waals surface area (Å²) in [6.45, 7) is 0. The predicted molar refractivity (Wildman–Crippen MR) is 51.7 cm³/mol. The summed E-state index contributed by atoms with van der Waals surface area (Å²) < 4.78 is 34.0. The van der Waals surface area contributed by atoms with E-state index in [9.17, 15) is 18.7 Å². The number of ether oxygens (including phenoxy) is 1. The number of alkyl halides is 2. The molecule has 2 N–H and O–H groups in total. The summed E-state index contributed by atoms with van der Waals surface area (Å²) in [6.07, 6.45) is 0.382. The average molecular weight is 274 g/mol. The Morgan fingerprint density at radius 2 is 2.12 bits per heavy atom. The molecular formula is C8H12F2O6S. The van der Waals surface area contributed by atoms with Crippen LogP contribution in [0, 0.1) is 0 Å². The first kappa shape index (κ1) is 14.6. The van der Waals surface area contributed by atoms with E-state index < -0.39 is 35.5 Å². The van der Waals surface area contributed by atoms with E-state index in [1.165, 1.54) is 0 Å². The highest BCUT2D eigenvalue weighted by Crippen LogP contribution is 2.33. The van der Waals surface area contributed by atoms with Gasteiger partial charge in [0.15, 0.2) is 0 Å². The zero-order chi connectivity index (χ0) is 12.9. The molecule has 0 amide bonds. The van der Waals surface area contributed by atoms with Crippen LogP contribution >= 0.6 is 12.0 Å². The largest absolute Gasteiger partial charge is 0.457 e. The molecule has 1 aliphatic rings. The summed E-state index contributed by atoms with van der Waals surface area (Å²) in [6, 6.07) is 0. The summed E-state index contributed by atoms with van der Waals surface area (Å²) in [4.78, 5) is 11.1. The molecule has 0 aromatic rings. The fraction of sp³-hybridized carbons (Fsp3) is 0.875. The van der Waals surface area contributed by atoms with Gasteiger partial charge in [0.2, 0.25) is 0 Å². The lowest BCUT2D eigenvalue weighted by Crippen LogP contribution is -2.34. The van der Waals surface area contributed by atoms with Crippen LogP contribution in [0.4, 0.5) is 8.78 Å². The van der Waals surface area contributed by atoms with Crippen molar-refractivity contribution in [3.05, 3.63) is 0 Å². The van der Waals surface area contributed by atoms with Crippen molar-refractivity contribution in [2.45, 2.75) is 43.1 Å². The highest BCUT2D eigenvalue weighted by atomic mass is 32.2. The first-order chi connectivity index (χ1) is 7.95. The number of carbonyl (C=O) groups is 1. The molecule has 9 heteroatoms. The molecule has 0 bridgehead atoms. The van der Waals surface area contributed by atoms with Gasteiger partial charge in [-0.15, -0.1) is 4.33 Å². The van der Waals surface area contributed by atoms with Crippen molar-refractivity contribution in [3.63, 3.8) is 0 Å². The van der Waals surface area contributed by atoms with Crippen LogP contribution in [0.5, 0.6) is 0 Å². The third-order valence-electron chi connectivity index (χ3n) is 2.28. The van der Waals surface area contributed by atoms with Gasteiger partial charge in [-0.05, 0) is 19.3 Å². The van der Waals surface area contributed by atoms with Crippen LogP contribution < -0.4 is 0 Å². The van der Waals surface area contributed by atoms with Gasteiger partial charge in [-0.3, -0.25) is 0 Å². The molecule has 1 rings (SSSR count). The number of carbonyl (C=O) groups excluding carboxylic acids is 1. The Morgan fingerprint density at radius 3 is 2.71 bits per heavy atom. The second kappa shape index (κ2) is 6.45. The minimum absolute atomic E-state index is 0.143. The normalized spacial score (nSPS) is 25.6. The van der Waals surface area contributed by atoms with Crippen molar-refractivity contribution < 1.29 is 38.0 Å². The third kappa shape index (κ3) is 4.72. The van der Waals surface area contributed by atoms with E-state index in [4.69, 9.17) is 5.26 Å². The standard InChI is InChI=1S/C8H12F2O6S/c9-8(10,17-16-15-13)7(12)14-6-3-1-2-5(11)4-6/h5-6,11,13H,1-4H2. The molecule has 0 saturated heterocycles. The lowest BCUT2D eigenvalue weighted by Gasteiger charge is -2.26. The number of hydrogen-bond donors (Lipinski definition) is 2. The molecule has 0 spiro atoms. The molecule has 1 saturated carbocycles. The van der Waals surface area contributed by atoms with E-state index >= 15 is 0 Å². The first-order valence-electron chi connectivity index (χ1n) is 4.88. The highest BCUT2D eigenvalue weighted by Gasteiger charge is 2.45. The van der Waals surface area contributed by atoms with Gasteiger partial charge in [0, 0.05) is 6.42 Å². The lowest BCUT2D eigenvalue weighted by molar-refractivity contribution is -0.433. The number of aliphatic hydroxyl groups excluding tert-OH is 1. The molecule has 1 fully saturated rings. The van der Waals surface area contributed by atoms with E-state index in [0.29, 0.717) is 19.3 Å². The van der Waals surface area contributed by atoms with Crippen molar-refractivity contribution >= 4 is 18.0 Å². The van der Waals surface area contributed by atoms with Crippen LogP contribution in [0.25, 0.3) is 0 Å². The van der Waals surface area contributed by atoms with E-state index in [0.717, 1.165) is 0 Å². The molecule has 17 heavy (non-hydrogen) atoms. The molecule has 0 aromatic heterocycles. The predicted octanol–water partition coefficient (Wildman–Crippen LogP) is 1.50. The molecule has 0 aliphatic heterocycles. The second-order valence-corrected chi connectivity index (χ2v) is 4.41. The number of halogens is 2. The molecular weight excluding hydrogens is 262 g/mol. The molecule has 2 atom stereocenters. The molecule has 1 aliphatic carbocycles. The molecule has 0 aromatic carbocycles. The fourth-order valence-electron chi connectivity index (χ4n) is 1.54. The fourth-order valence-corrected chi connectivity index (χ4v) is 1.77. The third-order valence-corrected chi connectivity index (χ3v) is 2.78. The van der Waals surface area contributed by atoms with E-state index in [-0.39, 0.29) is 6.42 Å². The maximum Gasteiger partial charge on any atom is 0.415 e. The minimum Gasteiger partial charge on any atom is -0.457 e. The zero-order valence-electron chi connectivity index (χ0n) is 8.67. The van der Waals surface area contributed by atoms with E-state index in [1.807, 2.05) is 0 Å². The van der Waals surface area contributed by atoms with Crippen LogP contribution in [0.1, 0.15) is 25.7 Å². The quantitative estimate of drug-likeness (QED) is 0.340. The SMILES string of the molecule is O=C(OC1CCCC(O)C1)C(F)(F)SOOO. The van der Waals surface area contributed by atoms with Crippen molar-refractivity contribution in [3.8, 4) is 0 Å². The second-order valence-electron chi connectivity index (χ2n) is 3.59. The van der Waals surface area contributed by atoms with Crippen LogP contribution in [0.2, 0.25) is 0 Å². The summed E-state index contributed by atoms with van der Waals surface area (Å²) in [5.74, 6) is -1.79. The van der Waals surface area contributed by atoms with Crippen LogP contribution in [-0.2, 0) is 18.9 Å². The molecule has 0 heterocycles. The van der Waals surface area contributed by atoms with Crippen molar-refractivity contribution in [2.75, 3.05) is 0 Å². The molecule has 100 valence electrons. The number of hydrogen-bond acceptors (Lipinski definition) is 7. The average Bonchev–Trinajstić information content (AvgIpc) is 2.26. The van der Waals surface area contributed by atoms with Crippen molar-refractivity contribution in [2.24, 2.45) is 0 Å². The monoisotopic (exact) mass is 274 g/mol.